The molecule has 28 heavy (non-hydrogen) atoms. The van der Waals surface area contributed by atoms with Gasteiger partial charge in [-0.25, -0.2) is 14.8 Å². The topological polar surface area (TPSA) is 57.0 Å². The minimum atomic E-state index is -0.377. The monoisotopic (exact) mass is 393 g/mol. The highest BCUT2D eigenvalue weighted by Gasteiger charge is 2.19. The van der Waals surface area contributed by atoms with Gasteiger partial charge >= 0.3 is 5.97 Å². The first kappa shape index (κ1) is 18.4. The lowest BCUT2D eigenvalue weighted by Gasteiger charge is -2.13. The molecule has 0 aliphatic rings. The Morgan fingerprint density at radius 2 is 1.79 bits per heavy atom. The lowest BCUT2D eigenvalue weighted by atomic mass is 10.1. The molecule has 0 radical (unpaired) electrons. The van der Waals surface area contributed by atoms with Gasteiger partial charge in [-0.1, -0.05) is 61.8 Å². The summed E-state index contributed by atoms with van der Waals surface area (Å²) in [6.45, 7) is 5.08. The van der Waals surface area contributed by atoms with E-state index in [1.807, 2.05) is 42.5 Å². The zero-order valence-electron chi connectivity index (χ0n) is 15.7. The maximum Gasteiger partial charge on any atom is 0.338 e. The van der Waals surface area contributed by atoms with Crippen LogP contribution in [0.4, 0.5) is 0 Å². The maximum atomic E-state index is 12.3. The largest absolute Gasteiger partial charge is 0.454 e. The molecule has 0 spiro atoms. The second-order valence-corrected chi connectivity index (χ2v) is 7.45. The number of para-hydroxylation sites is 1. The highest BCUT2D eigenvalue weighted by Crippen LogP contribution is 2.30. The van der Waals surface area contributed by atoms with Crippen LogP contribution in [0.3, 0.4) is 0 Å². The van der Waals surface area contributed by atoms with E-state index in [0.29, 0.717) is 28.0 Å². The van der Waals surface area contributed by atoms with Crippen molar-refractivity contribution in [1.82, 2.24) is 14.5 Å². The van der Waals surface area contributed by atoms with Gasteiger partial charge in [0, 0.05) is 11.9 Å². The molecular formula is C22H20ClN3O2. The fraction of sp³-hybridized carbons (Fsp3) is 0.227. The van der Waals surface area contributed by atoms with Crippen molar-refractivity contribution < 1.29 is 9.53 Å². The van der Waals surface area contributed by atoms with E-state index in [-0.39, 0.29) is 12.6 Å². The van der Waals surface area contributed by atoms with E-state index in [2.05, 4.69) is 28.4 Å². The van der Waals surface area contributed by atoms with Gasteiger partial charge in [-0.3, -0.25) is 0 Å². The summed E-state index contributed by atoms with van der Waals surface area (Å²) in [5, 5.41) is 1.34. The molecule has 0 atom stereocenters. The van der Waals surface area contributed by atoms with Crippen LogP contribution >= 0.6 is 11.6 Å². The highest BCUT2D eigenvalue weighted by atomic mass is 35.5. The Labute approximate surface area is 167 Å². The molecule has 0 saturated carbocycles. The molecule has 0 aliphatic heterocycles. The predicted octanol–water partition coefficient (Wildman–Crippen LogP) is 5.25. The number of hydrogen-bond donors (Lipinski definition) is 0. The molecule has 6 heteroatoms. The molecule has 2 heterocycles. The number of aromatic nitrogens is 3. The first-order valence-electron chi connectivity index (χ1n) is 9.20. The second kappa shape index (κ2) is 7.60. The van der Waals surface area contributed by atoms with E-state index in [9.17, 15) is 4.79 Å². The minimum Gasteiger partial charge on any atom is -0.454 e. The third-order valence-corrected chi connectivity index (χ3v) is 4.77. The molecule has 0 bridgehead atoms. The number of esters is 1. The number of hydrogen-bond acceptors (Lipinski definition) is 4. The van der Waals surface area contributed by atoms with E-state index in [1.165, 1.54) is 0 Å². The Kier molecular flexibility index (Phi) is 5.01. The molecule has 142 valence electrons. The first-order valence-corrected chi connectivity index (χ1v) is 9.58. The summed E-state index contributed by atoms with van der Waals surface area (Å²) in [6.07, 6.45) is 0. The second-order valence-electron chi connectivity index (χ2n) is 7.09. The van der Waals surface area contributed by atoms with Crippen LogP contribution < -0.4 is 0 Å². The summed E-state index contributed by atoms with van der Waals surface area (Å²) < 4.78 is 7.62. The van der Waals surface area contributed by atoms with Crippen LogP contribution in [0.1, 0.15) is 30.0 Å². The molecule has 0 aliphatic carbocycles. The summed E-state index contributed by atoms with van der Waals surface area (Å²) in [7, 11) is 0. The molecule has 0 N–H and O–H groups in total. The number of rotatable bonds is 5. The summed E-state index contributed by atoms with van der Waals surface area (Å²) >= 11 is 6.42. The van der Waals surface area contributed by atoms with Crippen molar-refractivity contribution in [3.63, 3.8) is 0 Å². The standard InChI is InChI=1S/C22H20ClN3O2/c1-14(2)12-26-18(13-28-22(27)15-8-4-3-5-9-15)25-19-20(26)16-10-6-7-11-17(16)24-21(19)23/h3-11,14H,12-13H2,1-2H3. The van der Waals surface area contributed by atoms with Crippen molar-refractivity contribution in [2.45, 2.75) is 27.0 Å². The van der Waals surface area contributed by atoms with Gasteiger partial charge in [-0.15, -0.1) is 0 Å². The van der Waals surface area contributed by atoms with Crippen molar-refractivity contribution in [1.29, 1.82) is 0 Å². The molecule has 0 amide bonds. The van der Waals surface area contributed by atoms with E-state index >= 15 is 0 Å². The average Bonchev–Trinajstić information content (AvgIpc) is 3.05. The highest BCUT2D eigenvalue weighted by molar-refractivity contribution is 6.35. The maximum absolute atomic E-state index is 12.3. The fourth-order valence-electron chi connectivity index (χ4n) is 3.31. The van der Waals surface area contributed by atoms with Gasteiger partial charge in [0.1, 0.15) is 17.9 Å². The smallest absolute Gasteiger partial charge is 0.338 e. The molecule has 2 aromatic carbocycles. The third kappa shape index (κ3) is 3.45. The van der Waals surface area contributed by atoms with E-state index in [0.717, 1.165) is 23.0 Å². The Morgan fingerprint density at radius 1 is 1.07 bits per heavy atom. The molecule has 0 saturated heterocycles. The summed E-state index contributed by atoms with van der Waals surface area (Å²) in [6, 6.07) is 16.8. The SMILES string of the molecule is CC(C)Cn1c(COC(=O)c2ccccc2)nc2c(Cl)nc3ccccc3c21. The Morgan fingerprint density at radius 3 is 2.54 bits per heavy atom. The summed E-state index contributed by atoms with van der Waals surface area (Å²) in [4.78, 5) is 21.5. The first-order chi connectivity index (χ1) is 13.5. The van der Waals surface area contributed by atoms with Gasteiger partial charge in [0.15, 0.2) is 5.15 Å². The number of fused-ring (bicyclic) bond motifs is 3. The van der Waals surface area contributed by atoms with Crippen LogP contribution in [0.25, 0.3) is 21.9 Å². The molecule has 2 aromatic heterocycles. The van der Waals surface area contributed by atoms with Crippen molar-refractivity contribution >= 4 is 39.5 Å². The van der Waals surface area contributed by atoms with Crippen LogP contribution in [-0.2, 0) is 17.9 Å². The van der Waals surface area contributed by atoms with E-state index in [1.54, 1.807) is 12.1 Å². The number of carbonyl (C=O) groups is 1. The lowest BCUT2D eigenvalue weighted by Crippen LogP contribution is -2.12. The summed E-state index contributed by atoms with van der Waals surface area (Å²) in [5.41, 5.74) is 2.89. The molecule has 4 aromatic rings. The zero-order chi connectivity index (χ0) is 19.7. The number of pyridine rings is 1. The number of halogens is 1. The van der Waals surface area contributed by atoms with Crippen LogP contribution in [0, 0.1) is 5.92 Å². The van der Waals surface area contributed by atoms with Gasteiger partial charge in [0.2, 0.25) is 0 Å². The third-order valence-electron chi connectivity index (χ3n) is 4.51. The van der Waals surface area contributed by atoms with Crippen LogP contribution in [0.15, 0.2) is 54.6 Å². The number of benzene rings is 2. The average molecular weight is 394 g/mol. The molecule has 0 fully saturated rings. The van der Waals surface area contributed by atoms with Crippen LogP contribution in [0.2, 0.25) is 5.15 Å². The number of nitrogens with zero attached hydrogens (tertiary/aromatic N) is 3. The zero-order valence-corrected chi connectivity index (χ0v) is 16.5. The van der Waals surface area contributed by atoms with Crippen molar-refractivity contribution in [2.24, 2.45) is 5.92 Å². The Bertz CT molecular complexity index is 1150. The number of imidazole rings is 1. The Hall–Kier alpha value is -2.92. The quantitative estimate of drug-likeness (QED) is 0.343. The normalized spacial score (nSPS) is 11.4. The van der Waals surface area contributed by atoms with Crippen LogP contribution in [-0.4, -0.2) is 20.5 Å². The van der Waals surface area contributed by atoms with E-state index < -0.39 is 0 Å². The Balaban J connectivity index is 1.78. The molecule has 4 rings (SSSR count). The van der Waals surface area contributed by atoms with Gasteiger partial charge < -0.3 is 9.30 Å². The van der Waals surface area contributed by atoms with Gasteiger partial charge in [0.25, 0.3) is 0 Å². The van der Waals surface area contributed by atoms with Crippen molar-refractivity contribution in [3.8, 4) is 0 Å². The fourth-order valence-corrected chi connectivity index (χ4v) is 3.53. The minimum absolute atomic E-state index is 0.0692. The number of ether oxygens (including phenoxy) is 1. The van der Waals surface area contributed by atoms with Crippen molar-refractivity contribution in [2.75, 3.05) is 0 Å². The van der Waals surface area contributed by atoms with Crippen LogP contribution in [0.5, 0.6) is 0 Å². The predicted molar refractivity (Wildman–Crippen MR) is 110 cm³/mol. The van der Waals surface area contributed by atoms with Crippen molar-refractivity contribution in [3.05, 3.63) is 71.1 Å². The molecule has 0 unspecified atom stereocenters. The van der Waals surface area contributed by atoms with Gasteiger partial charge in [0.05, 0.1) is 16.6 Å². The summed E-state index contributed by atoms with van der Waals surface area (Å²) in [5.74, 6) is 0.664. The van der Waals surface area contributed by atoms with Gasteiger partial charge in [-0.2, -0.15) is 0 Å². The van der Waals surface area contributed by atoms with E-state index in [4.69, 9.17) is 16.3 Å². The lowest BCUT2D eigenvalue weighted by molar-refractivity contribution is 0.0458. The number of carbonyl (C=O) groups excluding carboxylic acids is 1. The molecular weight excluding hydrogens is 374 g/mol. The molecule has 5 nitrogen and oxygen atoms in total. The van der Waals surface area contributed by atoms with Gasteiger partial charge in [-0.05, 0) is 24.1 Å².